The molecule has 0 radical (unpaired) electrons. The standard InChI is InChI=1S/C20H24ClN3O5S/c21-16-7-5-15(6-8-16)20(25)14-22-18-10-9-17(13-19(18)24(26)27)30(28,29)23-11-3-1-2-4-12-23/h5-10,13,20,22,25H,1-4,11-12,14H2. The van der Waals surface area contributed by atoms with Crippen molar-refractivity contribution in [3.8, 4) is 0 Å². The van der Waals surface area contributed by atoms with Crippen molar-refractivity contribution in [2.75, 3.05) is 25.0 Å². The van der Waals surface area contributed by atoms with Crippen LogP contribution in [-0.4, -0.2) is 42.4 Å². The molecule has 2 aromatic rings. The summed E-state index contributed by atoms with van der Waals surface area (Å²) in [4.78, 5) is 10.8. The molecule has 1 aliphatic rings. The van der Waals surface area contributed by atoms with Crippen LogP contribution in [0.15, 0.2) is 47.4 Å². The number of hydrogen-bond donors (Lipinski definition) is 2. The maximum Gasteiger partial charge on any atom is 0.293 e. The zero-order valence-electron chi connectivity index (χ0n) is 16.3. The number of anilines is 1. The Morgan fingerprint density at radius 1 is 1.10 bits per heavy atom. The Kier molecular flexibility index (Phi) is 7.30. The lowest BCUT2D eigenvalue weighted by atomic mass is 10.1. The van der Waals surface area contributed by atoms with Gasteiger partial charge in [-0.15, -0.1) is 0 Å². The van der Waals surface area contributed by atoms with Crippen molar-refractivity contribution in [2.45, 2.75) is 36.7 Å². The van der Waals surface area contributed by atoms with Crippen LogP contribution in [0.1, 0.15) is 37.4 Å². The fraction of sp³-hybridized carbons (Fsp3) is 0.400. The van der Waals surface area contributed by atoms with Gasteiger partial charge in [0.25, 0.3) is 5.69 Å². The van der Waals surface area contributed by atoms with E-state index in [2.05, 4.69) is 5.32 Å². The molecule has 2 N–H and O–H groups in total. The van der Waals surface area contributed by atoms with Gasteiger partial charge in [0.2, 0.25) is 10.0 Å². The predicted octanol–water partition coefficient (Wildman–Crippen LogP) is 3.96. The van der Waals surface area contributed by atoms with E-state index in [1.165, 1.54) is 16.4 Å². The van der Waals surface area contributed by atoms with Crippen LogP contribution >= 0.6 is 11.6 Å². The second-order valence-electron chi connectivity index (χ2n) is 7.20. The van der Waals surface area contributed by atoms with Crippen molar-refractivity contribution in [3.63, 3.8) is 0 Å². The van der Waals surface area contributed by atoms with Gasteiger partial charge in [0.15, 0.2) is 0 Å². The predicted molar refractivity (Wildman–Crippen MR) is 115 cm³/mol. The van der Waals surface area contributed by atoms with E-state index < -0.39 is 21.1 Å². The Labute approximate surface area is 180 Å². The highest BCUT2D eigenvalue weighted by Crippen LogP contribution is 2.30. The molecular formula is C20H24ClN3O5S. The van der Waals surface area contributed by atoms with E-state index in [1.54, 1.807) is 24.3 Å². The summed E-state index contributed by atoms with van der Waals surface area (Å²) in [6.45, 7) is 0.855. The molecule has 0 spiro atoms. The number of sulfonamides is 1. The van der Waals surface area contributed by atoms with Gasteiger partial charge in [-0.2, -0.15) is 4.31 Å². The first-order chi connectivity index (χ1) is 14.3. The van der Waals surface area contributed by atoms with Crippen LogP contribution in [0.25, 0.3) is 0 Å². The van der Waals surface area contributed by atoms with Gasteiger partial charge in [-0.05, 0) is 42.7 Å². The summed E-state index contributed by atoms with van der Waals surface area (Å²) in [7, 11) is -3.80. The van der Waals surface area contributed by atoms with E-state index in [9.17, 15) is 23.6 Å². The highest BCUT2D eigenvalue weighted by Gasteiger charge is 2.28. The van der Waals surface area contributed by atoms with Crippen LogP contribution in [-0.2, 0) is 10.0 Å². The lowest BCUT2D eigenvalue weighted by Gasteiger charge is -2.20. The van der Waals surface area contributed by atoms with E-state index in [1.807, 2.05) is 0 Å². The van der Waals surface area contributed by atoms with E-state index in [0.29, 0.717) is 23.7 Å². The summed E-state index contributed by atoms with van der Waals surface area (Å²) >= 11 is 5.84. The molecule has 8 nitrogen and oxygen atoms in total. The molecule has 2 aromatic carbocycles. The molecule has 1 aliphatic heterocycles. The number of hydrogen-bond acceptors (Lipinski definition) is 6. The van der Waals surface area contributed by atoms with Crippen molar-refractivity contribution in [1.82, 2.24) is 4.31 Å². The van der Waals surface area contributed by atoms with Crippen molar-refractivity contribution in [3.05, 3.63) is 63.2 Å². The highest BCUT2D eigenvalue weighted by atomic mass is 35.5. The first-order valence-corrected chi connectivity index (χ1v) is 11.6. The molecule has 1 heterocycles. The molecule has 1 atom stereocenters. The summed E-state index contributed by atoms with van der Waals surface area (Å²) in [6, 6.07) is 10.4. The number of nitro benzene ring substituents is 1. The molecule has 1 unspecified atom stereocenters. The van der Waals surface area contributed by atoms with E-state index in [-0.39, 0.29) is 22.8 Å². The third-order valence-electron chi connectivity index (χ3n) is 5.11. The Balaban J connectivity index is 1.79. The molecule has 3 rings (SSSR count). The van der Waals surface area contributed by atoms with E-state index >= 15 is 0 Å². The number of rotatable bonds is 7. The zero-order chi connectivity index (χ0) is 21.7. The van der Waals surface area contributed by atoms with Crippen molar-refractivity contribution >= 4 is 33.0 Å². The van der Waals surface area contributed by atoms with Crippen molar-refractivity contribution < 1.29 is 18.4 Å². The molecule has 1 fully saturated rings. The molecule has 0 amide bonds. The second-order valence-corrected chi connectivity index (χ2v) is 9.58. The number of halogens is 1. The van der Waals surface area contributed by atoms with Crippen LogP contribution in [0.3, 0.4) is 0 Å². The Hall–Kier alpha value is -2.20. The summed E-state index contributed by atoms with van der Waals surface area (Å²) in [5.74, 6) is 0. The lowest BCUT2D eigenvalue weighted by Crippen LogP contribution is -2.32. The minimum absolute atomic E-state index is 0.0146. The largest absolute Gasteiger partial charge is 0.387 e. The summed E-state index contributed by atoms with van der Waals surface area (Å²) in [5, 5.41) is 25.2. The number of benzene rings is 2. The maximum absolute atomic E-state index is 12.9. The van der Waals surface area contributed by atoms with Crippen LogP contribution in [0.4, 0.5) is 11.4 Å². The highest BCUT2D eigenvalue weighted by molar-refractivity contribution is 7.89. The lowest BCUT2D eigenvalue weighted by molar-refractivity contribution is -0.384. The number of aliphatic hydroxyl groups excluding tert-OH is 1. The van der Waals surface area contributed by atoms with E-state index in [4.69, 9.17) is 11.6 Å². The van der Waals surface area contributed by atoms with Gasteiger partial charge in [0.05, 0.1) is 15.9 Å². The van der Waals surface area contributed by atoms with Crippen LogP contribution in [0, 0.1) is 10.1 Å². The van der Waals surface area contributed by atoms with Gasteiger partial charge >= 0.3 is 0 Å². The third-order valence-corrected chi connectivity index (χ3v) is 7.26. The maximum atomic E-state index is 12.9. The fourth-order valence-corrected chi connectivity index (χ4v) is 5.08. The van der Waals surface area contributed by atoms with Gasteiger partial charge in [-0.1, -0.05) is 36.6 Å². The SMILES string of the molecule is O=[N+]([O-])c1cc(S(=O)(=O)N2CCCCCC2)ccc1NCC(O)c1ccc(Cl)cc1. The van der Waals surface area contributed by atoms with Gasteiger partial charge in [-0.3, -0.25) is 10.1 Å². The number of nitro groups is 1. The minimum Gasteiger partial charge on any atom is -0.387 e. The molecule has 0 saturated carbocycles. The first kappa shape index (κ1) is 22.5. The molecule has 0 bridgehead atoms. The quantitative estimate of drug-likeness (QED) is 0.484. The molecule has 10 heteroatoms. The van der Waals surface area contributed by atoms with Gasteiger partial charge in [0.1, 0.15) is 5.69 Å². The second kappa shape index (κ2) is 9.74. The van der Waals surface area contributed by atoms with Crippen LogP contribution in [0.2, 0.25) is 5.02 Å². The molecule has 0 aliphatic carbocycles. The minimum atomic E-state index is -3.80. The molecule has 1 saturated heterocycles. The Morgan fingerprint density at radius 2 is 1.73 bits per heavy atom. The summed E-state index contributed by atoms with van der Waals surface area (Å²) in [5.41, 5.74) is 0.395. The Bertz CT molecular complexity index is 990. The van der Waals surface area contributed by atoms with Gasteiger partial charge in [-0.25, -0.2) is 8.42 Å². The van der Waals surface area contributed by atoms with E-state index in [0.717, 1.165) is 31.7 Å². The van der Waals surface area contributed by atoms with Crippen LogP contribution in [0.5, 0.6) is 0 Å². The van der Waals surface area contributed by atoms with Crippen LogP contribution < -0.4 is 5.32 Å². The smallest absolute Gasteiger partial charge is 0.293 e. The number of nitrogens with zero attached hydrogens (tertiary/aromatic N) is 2. The Morgan fingerprint density at radius 3 is 2.33 bits per heavy atom. The monoisotopic (exact) mass is 453 g/mol. The van der Waals surface area contributed by atoms with Crippen molar-refractivity contribution in [2.24, 2.45) is 0 Å². The average Bonchev–Trinajstić information content (AvgIpc) is 3.02. The van der Waals surface area contributed by atoms with Gasteiger partial charge in [0, 0.05) is 30.7 Å². The zero-order valence-corrected chi connectivity index (χ0v) is 17.9. The number of aliphatic hydroxyl groups is 1. The average molecular weight is 454 g/mol. The van der Waals surface area contributed by atoms with Gasteiger partial charge < -0.3 is 10.4 Å². The molecule has 30 heavy (non-hydrogen) atoms. The fourth-order valence-electron chi connectivity index (χ4n) is 3.41. The molecule has 0 aromatic heterocycles. The molecule has 162 valence electrons. The molecular weight excluding hydrogens is 430 g/mol. The summed E-state index contributed by atoms with van der Waals surface area (Å²) < 4.78 is 27.3. The topological polar surface area (TPSA) is 113 Å². The van der Waals surface area contributed by atoms with Crippen molar-refractivity contribution in [1.29, 1.82) is 0 Å². The first-order valence-electron chi connectivity index (χ1n) is 9.75. The third kappa shape index (κ3) is 5.28. The normalized spacial score (nSPS) is 16.6. The number of nitrogens with one attached hydrogen (secondary N) is 1. The summed E-state index contributed by atoms with van der Waals surface area (Å²) in [6.07, 6.45) is 2.60.